The van der Waals surface area contributed by atoms with Gasteiger partial charge in [-0.3, -0.25) is 4.79 Å². The maximum absolute atomic E-state index is 12.4. The molecule has 2 rings (SSSR count). The molecule has 0 aliphatic carbocycles. The van der Waals surface area contributed by atoms with Crippen LogP contribution in [0, 0.1) is 6.92 Å². The van der Waals surface area contributed by atoms with Gasteiger partial charge < -0.3 is 15.2 Å². The third-order valence-electron chi connectivity index (χ3n) is 3.45. The van der Waals surface area contributed by atoms with E-state index in [0.717, 1.165) is 5.56 Å². The van der Waals surface area contributed by atoms with E-state index >= 15 is 0 Å². The SMILES string of the molecule is COc1ccc(S(=O)(=O)NCCO)cc1NC(=O)c1ccc(C)cc1. The summed E-state index contributed by atoms with van der Waals surface area (Å²) in [4.78, 5) is 12.3. The molecule has 0 saturated heterocycles. The largest absolute Gasteiger partial charge is 0.495 e. The highest BCUT2D eigenvalue weighted by Gasteiger charge is 2.17. The molecule has 1 amide bonds. The summed E-state index contributed by atoms with van der Waals surface area (Å²) in [5.74, 6) is -0.0438. The predicted octanol–water partition coefficient (Wildman–Crippen LogP) is 1.53. The van der Waals surface area contributed by atoms with E-state index in [4.69, 9.17) is 9.84 Å². The normalized spacial score (nSPS) is 11.2. The maximum atomic E-state index is 12.4. The lowest BCUT2D eigenvalue weighted by Crippen LogP contribution is -2.26. The smallest absolute Gasteiger partial charge is 0.255 e. The summed E-state index contributed by atoms with van der Waals surface area (Å²) in [6.45, 7) is 1.50. The molecule has 0 aliphatic heterocycles. The van der Waals surface area contributed by atoms with Crippen LogP contribution < -0.4 is 14.8 Å². The fraction of sp³-hybridized carbons (Fsp3) is 0.235. The monoisotopic (exact) mass is 364 g/mol. The van der Waals surface area contributed by atoms with Crippen LogP contribution in [0.4, 0.5) is 5.69 Å². The minimum absolute atomic E-state index is 0.0408. The van der Waals surface area contributed by atoms with Gasteiger partial charge in [-0.25, -0.2) is 13.1 Å². The second-order valence-corrected chi connectivity index (χ2v) is 7.07. The number of benzene rings is 2. The Morgan fingerprint density at radius 3 is 2.44 bits per heavy atom. The highest BCUT2D eigenvalue weighted by Crippen LogP contribution is 2.28. The number of aryl methyl sites for hydroxylation is 1. The number of hydrogen-bond donors (Lipinski definition) is 3. The lowest BCUT2D eigenvalue weighted by Gasteiger charge is -2.13. The first-order valence-electron chi connectivity index (χ1n) is 7.54. The molecule has 0 spiro atoms. The molecule has 25 heavy (non-hydrogen) atoms. The number of hydrogen-bond acceptors (Lipinski definition) is 5. The molecule has 0 fully saturated rings. The fourth-order valence-corrected chi connectivity index (χ4v) is 3.16. The van der Waals surface area contributed by atoms with Crippen molar-refractivity contribution in [1.29, 1.82) is 0 Å². The standard InChI is InChI=1S/C17H20N2O5S/c1-12-3-5-13(6-4-12)17(21)19-15-11-14(7-8-16(15)24-2)25(22,23)18-9-10-20/h3-8,11,18,20H,9-10H2,1-2H3,(H,19,21). The lowest BCUT2D eigenvalue weighted by molar-refractivity contribution is 0.102. The van der Waals surface area contributed by atoms with Crippen LogP contribution >= 0.6 is 0 Å². The Bertz CT molecular complexity index is 848. The first-order chi connectivity index (χ1) is 11.9. The number of anilines is 1. The molecular weight excluding hydrogens is 344 g/mol. The van der Waals surface area contributed by atoms with Gasteiger partial charge in [-0.05, 0) is 37.3 Å². The Labute approximate surface area is 146 Å². The summed E-state index contributed by atoms with van der Waals surface area (Å²) in [6, 6.07) is 11.1. The van der Waals surface area contributed by atoms with E-state index in [9.17, 15) is 13.2 Å². The van der Waals surface area contributed by atoms with Crippen LogP contribution in [0.5, 0.6) is 5.75 Å². The lowest BCUT2D eigenvalue weighted by atomic mass is 10.1. The van der Waals surface area contributed by atoms with Gasteiger partial charge >= 0.3 is 0 Å². The number of sulfonamides is 1. The first-order valence-corrected chi connectivity index (χ1v) is 9.02. The summed E-state index contributed by atoms with van der Waals surface area (Å²) in [7, 11) is -2.37. The van der Waals surface area contributed by atoms with E-state index in [-0.39, 0.29) is 29.6 Å². The number of carbonyl (C=O) groups excluding carboxylic acids is 1. The van der Waals surface area contributed by atoms with Crippen molar-refractivity contribution in [3.63, 3.8) is 0 Å². The van der Waals surface area contributed by atoms with E-state index in [1.165, 1.54) is 25.3 Å². The van der Waals surface area contributed by atoms with Gasteiger partial charge in [0.2, 0.25) is 10.0 Å². The highest BCUT2D eigenvalue weighted by molar-refractivity contribution is 7.89. The average Bonchev–Trinajstić information content (AvgIpc) is 2.60. The Kier molecular flexibility index (Phi) is 6.13. The van der Waals surface area contributed by atoms with Crippen LogP contribution in [0.2, 0.25) is 0 Å². The van der Waals surface area contributed by atoms with Gasteiger partial charge in [0.05, 0.1) is 24.3 Å². The molecule has 0 heterocycles. The average molecular weight is 364 g/mol. The number of ether oxygens (including phenoxy) is 1. The molecule has 0 aromatic heterocycles. The zero-order valence-electron chi connectivity index (χ0n) is 13.9. The summed E-state index contributed by atoms with van der Waals surface area (Å²) >= 11 is 0. The topological polar surface area (TPSA) is 105 Å². The van der Waals surface area contributed by atoms with Gasteiger partial charge in [0.25, 0.3) is 5.91 Å². The van der Waals surface area contributed by atoms with Gasteiger partial charge in [-0.1, -0.05) is 17.7 Å². The van der Waals surface area contributed by atoms with Crippen LogP contribution in [0.1, 0.15) is 15.9 Å². The Morgan fingerprint density at radius 1 is 1.16 bits per heavy atom. The van der Waals surface area contributed by atoms with E-state index in [1.54, 1.807) is 12.1 Å². The second-order valence-electron chi connectivity index (χ2n) is 5.30. The summed E-state index contributed by atoms with van der Waals surface area (Å²) in [6.07, 6.45) is 0. The summed E-state index contributed by atoms with van der Waals surface area (Å²) < 4.78 is 31.8. The van der Waals surface area contributed by atoms with E-state index in [1.807, 2.05) is 19.1 Å². The van der Waals surface area contributed by atoms with Gasteiger partial charge in [-0.2, -0.15) is 0 Å². The third kappa shape index (κ3) is 4.79. The molecule has 0 aliphatic rings. The molecule has 2 aromatic carbocycles. The number of rotatable bonds is 7. The quantitative estimate of drug-likeness (QED) is 0.691. The van der Waals surface area contributed by atoms with E-state index in [2.05, 4.69) is 10.0 Å². The van der Waals surface area contributed by atoms with Crippen molar-refractivity contribution in [3.05, 3.63) is 53.6 Å². The van der Waals surface area contributed by atoms with E-state index < -0.39 is 10.0 Å². The van der Waals surface area contributed by atoms with Crippen LogP contribution in [0.3, 0.4) is 0 Å². The zero-order chi connectivity index (χ0) is 18.4. The molecule has 0 unspecified atom stereocenters. The number of aliphatic hydroxyl groups is 1. The number of amides is 1. The second kappa shape index (κ2) is 8.11. The van der Waals surface area contributed by atoms with Crippen molar-refractivity contribution in [2.75, 3.05) is 25.6 Å². The van der Waals surface area contributed by atoms with Crippen LogP contribution in [0.15, 0.2) is 47.4 Å². The minimum atomic E-state index is -3.79. The van der Waals surface area contributed by atoms with Crippen molar-refractivity contribution in [1.82, 2.24) is 4.72 Å². The Morgan fingerprint density at radius 2 is 1.84 bits per heavy atom. The molecule has 0 atom stereocenters. The molecule has 0 bridgehead atoms. The molecule has 3 N–H and O–H groups in total. The van der Waals surface area contributed by atoms with Crippen molar-refractivity contribution in [2.24, 2.45) is 0 Å². The minimum Gasteiger partial charge on any atom is -0.495 e. The van der Waals surface area contributed by atoms with Gasteiger partial charge in [0.1, 0.15) is 5.75 Å². The third-order valence-corrected chi connectivity index (χ3v) is 4.91. The molecule has 8 heteroatoms. The van der Waals surface area contributed by atoms with Crippen LogP contribution in [-0.4, -0.2) is 39.7 Å². The highest BCUT2D eigenvalue weighted by atomic mass is 32.2. The van der Waals surface area contributed by atoms with Crippen molar-refractivity contribution >= 4 is 21.6 Å². The predicted molar refractivity (Wildman–Crippen MR) is 94.4 cm³/mol. The molecule has 134 valence electrons. The molecule has 2 aromatic rings. The molecule has 0 saturated carbocycles. The summed E-state index contributed by atoms with van der Waals surface area (Å²) in [5.41, 5.74) is 1.71. The van der Waals surface area contributed by atoms with Crippen molar-refractivity contribution in [2.45, 2.75) is 11.8 Å². The van der Waals surface area contributed by atoms with Gasteiger partial charge in [0.15, 0.2) is 0 Å². The van der Waals surface area contributed by atoms with E-state index in [0.29, 0.717) is 11.3 Å². The van der Waals surface area contributed by atoms with Crippen LogP contribution in [0.25, 0.3) is 0 Å². The van der Waals surface area contributed by atoms with Crippen molar-refractivity contribution in [3.8, 4) is 5.75 Å². The zero-order valence-corrected chi connectivity index (χ0v) is 14.8. The summed E-state index contributed by atoms with van der Waals surface area (Å²) in [5, 5.41) is 11.4. The number of methoxy groups -OCH3 is 1. The Balaban J connectivity index is 2.31. The Hall–Kier alpha value is -2.42. The number of carbonyl (C=O) groups is 1. The molecule has 0 radical (unpaired) electrons. The number of aliphatic hydroxyl groups excluding tert-OH is 1. The maximum Gasteiger partial charge on any atom is 0.255 e. The van der Waals surface area contributed by atoms with Crippen molar-refractivity contribution < 1.29 is 23.1 Å². The van der Waals surface area contributed by atoms with Gasteiger partial charge in [-0.15, -0.1) is 0 Å². The molecular formula is C17H20N2O5S. The fourth-order valence-electron chi connectivity index (χ4n) is 2.11. The van der Waals surface area contributed by atoms with Gasteiger partial charge in [0, 0.05) is 12.1 Å². The molecule has 7 nitrogen and oxygen atoms in total. The first kappa shape index (κ1) is 18.9. The van der Waals surface area contributed by atoms with Crippen LogP contribution in [-0.2, 0) is 10.0 Å². The number of nitrogens with one attached hydrogen (secondary N) is 2.